The first kappa shape index (κ1) is 21.3. The highest BCUT2D eigenvalue weighted by molar-refractivity contribution is 8.42. The van der Waals surface area contributed by atoms with Crippen LogP contribution in [0.15, 0.2) is 39.9 Å². The lowest BCUT2D eigenvalue weighted by molar-refractivity contribution is -0.114. The van der Waals surface area contributed by atoms with E-state index in [2.05, 4.69) is 39.8 Å². The molecule has 31 heavy (non-hydrogen) atoms. The van der Waals surface area contributed by atoms with Crippen LogP contribution in [0, 0.1) is 33.1 Å². The van der Waals surface area contributed by atoms with E-state index in [9.17, 15) is 13.2 Å². The van der Waals surface area contributed by atoms with Gasteiger partial charge in [-0.3, -0.25) is 10.2 Å². The van der Waals surface area contributed by atoms with E-state index in [1.165, 1.54) is 5.56 Å². The first-order chi connectivity index (χ1) is 14.5. The third-order valence-corrected chi connectivity index (χ3v) is 7.69. The summed E-state index contributed by atoms with van der Waals surface area (Å²) in [5.41, 5.74) is 6.11. The van der Waals surface area contributed by atoms with Crippen LogP contribution in [0.2, 0.25) is 0 Å². The molecule has 0 saturated heterocycles. The maximum absolute atomic E-state index is 12.6. The van der Waals surface area contributed by atoms with Gasteiger partial charge in [-0.2, -0.15) is 10.0 Å². The van der Waals surface area contributed by atoms with Crippen LogP contribution in [0.25, 0.3) is 11.8 Å². The van der Waals surface area contributed by atoms with Crippen molar-refractivity contribution < 1.29 is 13.2 Å². The Morgan fingerprint density at radius 2 is 1.84 bits per heavy atom. The molecular formula is C21H21N5O3S2. The Labute approximate surface area is 184 Å². The summed E-state index contributed by atoms with van der Waals surface area (Å²) in [6.07, 6.45) is 2.65. The summed E-state index contributed by atoms with van der Waals surface area (Å²) in [7, 11) is -3.57. The molecule has 3 heterocycles. The highest BCUT2D eigenvalue weighted by atomic mass is 32.3. The molecule has 1 aromatic carbocycles. The molecule has 0 atom stereocenters. The van der Waals surface area contributed by atoms with Gasteiger partial charge < -0.3 is 4.57 Å². The van der Waals surface area contributed by atoms with Crippen molar-refractivity contribution in [1.29, 1.82) is 5.41 Å². The number of sulfone groups is 1. The van der Waals surface area contributed by atoms with Crippen LogP contribution in [0.4, 0.5) is 0 Å². The van der Waals surface area contributed by atoms with E-state index in [0.29, 0.717) is 0 Å². The van der Waals surface area contributed by atoms with Gasteiger partial charge in [0.15, 0.2) is 5.84 Å². The lowest BCUT2D eigenvalue weighted by atomic mass is 10.1. The average Bonchev–Trinajstić information content (AvgIpc) is 3.21. The molecule has 2 aliphatic heterocycles. The fraction of sp³-hybridized carbons (Fsp3) is 0.238. The van der Waals surface area contributed by atoms with Crippen LogP contribution in [-0.2, 0) is 14.6 Å². The molecule has 0 radical (unpaired) electrons. The molecule has 0 spiro atoms. The van der Waals surface area contributed by atoms with Gasteiger partial charge in [0.25, 0.3) is 5.91 Å². The summed E-state index contributed by atoms with van der Waals surface area (Å²) in [6.45, 7) is 8.04. The first-order valence-corrected chi connectivity index (χ1v) is 12.1. The van der Waals surface area contributed by atoms with Crippen molar-refractivity contribution in [3.8, 4) is 5.69 Å². The van der Waals surface area contributed by atoms with Crippen molar-refractivity contribution in [3.63, 3.8) is 0 Å². The molecule has 4 rings (SSSR count). The summed E-state index contributed by atoms with van der Waals surface area (Å²) in [6, 6.07) is 8.18. The number of amidine groups is 2. The zero-order valence-electron chi connectivity index (χ0n) is 17.7. The zero-order valence-corrected chi connectivity index (χ0v) is 19.3. The van der Waals surface area contributed by atoms with Gasteiger partial charge in [0, 0.05) is 23.3 Å². The molecule has 8 nitrogen and oxygen atoms in total. The van der Waals surface area contributed by atoms with Crippen LogP contribution >= 0.6 is 11.8 Å². The number of benzene rings is 1. The lowest BCUT2D eigenvalue weighted by Crippen LogP contribution is -2.35. The van der Waals surface area contributed by atoms with Crippen molar-refractivity contribution in [2.45, 2.75) is 27.7 Å². The Morgan fingerprint density at radius 1 is 1.13 bits per heavy atom. The van der Waals surface area contributed by atoms with Gasteiger partial charge in [0.2, 0.25) is 19.4 Å². The van der Waals surface area contributed by atoms with Crippen molar-refractivity contribution in [2.24, 2.45) is 10.1 Å². The van der Waals surface area contributed by atoms with Gasteiger partial charge in [0.05, 0.1) is 5.57 Å². The number of amides is 1. The number of hydrazone groups is 1. The molecule has 160 valence electrons. The molecule has 0 saturated carbocycles. The summed E-state index contributed by atoms with van der Waals surface area (Å²) in [5.74, 6) is -0.789. The molecule has 0 fully saturated rings. The minimum absolute atomic E-state index is 0.0590. The largest absolute Gasteiger partial charge is 0.318 e. The summed E-state index contributed by atoms with van der Waals surface area (Å²) < 4.78 is 25.5. The molecule has 2 aromatic rings. The number of carbonyl (C=O) groups is 1. The van der Waals surface area contributed by atoms with Crippen LogP contribution in [0.1, 0.15) is 28.1 Å². The summed E-state index contributed by atoms with van der Waals surface area (Å²) >= 11 is 0.772. The molecular weight excluding hydrogens is 434 g/mol. The lowest BCUT2D eigenvalue weighted by Gasteiger charge is -2.20. The van der Waals surface area contributed by atoms with Gasteiger partial charge >= 0.3 is 0 Å². The van der Waals surface area contributed by atoms with Crippen LogP contribution in [0.5, 0.6) is 0 Å². The number of nitrogens with zero attached hydrogens (tertiary/aromatic N) is 4. The SMILES string of the molecule is Cc1ccc(-n2c(C)cc(/C=C3/C(=N)N4N=C(S(C)(=O)=O)SC4=NC3=O)c2C)c(C)c1. The minimum atomic E-state index is -3.57. The zero-order chi connectivity index (χ0) is 22.7. The maximum Gasteiger partial charge on any atom is 0.283 e. The average molecular weight is 456 g/mol. The molecule has 0 bridgehead atoms. The highest BCUT2D eigenvalue weighted by Crippen LogP contribution is 2.31. The molecule has 10 heteroatoms. The standard InChI is InChI=1S/C21H21N5O3S2/c1-11-6-7-17(12(2)8-11)25-13(3)9-15(14(25)4)10-16-18(22)26-20(23-19(16)27)30-21(24-26)31(5,28)29/h6-10,22H,1-5H3/b16-10-,22-18?. The fourth-order valence-corrected chi connectivity index (χ4v) is 5.33. The van der Waals surface area contributed by atoms with Crippen molar-refractivity contribution >= 4 is 49.0 Å². The second-order valence-electron chi connectivity index (χ2n) is 7.61. The van der Waals surface area contributed by atoms with Crippen molar-refractivity contribution in [1.82, 2.24) is 9.58 Å². The predicted molar refractivity (Wildman–Crippen MR) is 125 cm³/mol. The Morgan fingerprint density at radius 3 is 2.48 bits per heavy atom. The smallest absolute Gasteiger partial charge is 0.283 e. The third kappa shape index (κ3) is 3.66. The summed E-state index contributed by atoms with van der Waals surface area (Å²) in [5, 5.41) is 13.6. The molecule has 0 unspecified atom stereocenters. The number of hydrogen-bond acceptors (Lipinski definition) is 6. The number of aromatic nitrogens is 1. The summed E-state index contributed by atoms with van der Waals surface area (Å²) in [4.78, 5) is 16.6. The normalized spacial score (nSPS) is 17.8. The van der Waals surface area contributed by atoms with E-state index in [1.54, 1.807) is 6.08 Å². The number of fused-ring (bicyclic) bond motifs is 1. The number of rotatable bonds is 2. The molecule has 1 N–H and O–H groups in total. The first-order valence-electron chi connectivity index (χ1n) is 9.44. The van der Waals surface area contributed by atoms with Crippen molar-refractivity contribution in [2.75, 3.05) is 6.26 Å². The molecule has 1 amide bonds. The highest BCUT2D eigenvalue weighted by Gasteiger charge is 2.38. The topological polar surface area (TPSA) is 108 Å². The molecule has 2 aliphatic rings. The van der Waals surface area contributed by atoms with Gasteiger partial charge in [0.1, 0.15) is 0 Å². The van der Waals surface area contributed by atoms with Gasteiger partial charge in [-0.1, -0.05) is 17.7 Å². The quantitative estimate of drug-likeness (QED) is 0.699. The maximum atomic E-state index is 12.6. The number of carbonyl (C=O) groups excluding carboxylic acids is 1. The Balaban J connectivity index is 1.77. The number of thioether (sulfide) groups is 1. The molecule has 0 aliphatic carbocycles. The van der Waals surface area contributed by atoms with Gasteiger partial charge in [-0.25, -0.2) is 8.42 Å². The second kappa shape index (κ2) is 7.31. The number of aliphatic imine (C=N–C) groups is 1. The van der Waals surface area contributed by atoms with Crippen molar-refractivity contribution in [3.05, 3.63) is 57.9 Å². The number of nitrogens with one attached hydrogen (secondary N) is 1. The monoisotopic (exact) mass is 455 g/mol. The Bertz CT molecular complexity index is 1360. The second-order valence-corrected chi connectivity index (χ2v) is 10.8. The van der Waals surface area contributed by atoms with Gasteiger partial charge in [-0.15, -0.1) is 5.10 Å². The van der Waals surface area contributed by atoms with E-state index >= 15 is 0 Å². The van der Waals surface area contributed by atoms with E-state index in [4.69, 9.17) is 5.41 Å². The van der Waals surface area contributed by atoms with Crippen LogP contribution < -0.4 is 0 Å². The Kier molecular flexibility index (Phi) is 5.01. The number of aryl methyl sites for hydroxylation is 3. The van der Waals surface area contributed by atoms with Crippen LogP contribution in [-0.4, -0.2) is 45.5 Å². The molecule has 1 aromatic heterocycles. The minimum Gasteiger partial charge on any atom is -0.318 e. The van der Waals surface area contributed by atoms with Gasteiger partial charge in [-0.05, 0) is 68.8 Å². The fourth-order valence-electron chi connectivity index (χ4n) is 3.64. The van der Waals surface area contributed by atoms with E-state index in [1.807, 2.05) is 26.8 Å². The van der Waals surface area contributed by atoms with E-state index in [0.717, 1.165) is 51.2 Å². The van der Waals surface area contributed by atoms with E-state index in [-0.39, 0.29) is 21.0 Å². The third-order valence-electron chi connectivity index (χ3n) is 5.12. The van der Waals surface area contributed by atoms with E-state index < -0.39 is 15.7 Å². The number of hydrogen-bond donors (Lipinski definition) is 1. The predicted octanol–water partition coefficient (Wildman–Crippen LogP) is 3.33. The van der Waals surface area contributed by atoms with Crippen LogP contribution in [0.3, 0.4) is 0 Å². The Hall–Kier alpha value is -2.98.